The second-order valence-electron chi connectivity index (χ2n) is 4.03. The molecule has 6 nitrogen and oxygen atoms in total. The third kappa shape index (κ3) is 1.92. The first-order valence-corrected chi connectivity index (χ1v) is 6.38. The van der Waals surface area contributed by atoms with Gasteiger partial charge in [-0.2, -0.15) is 5.10 Å². The Bertz CT molecular complexity index is 673. The maximum atomic E-state index is 4.37. The number of fused-ring (bicyclic) bond motifs is 1. The van der Waals surface area contributed by atoms with Gasteiger partial charge in [0.25, 0.3) is 0 Å². The van der Waals surface area contributed by atoms with Crippen LogP contribution in [0.4, 0.5) is 5.82 Å². The number of nitrogens with zero attached hydrogens (tertiary/aromatic N) is 4. The van der Waals surface area contributed by atoms with Crippen molar-refractivity contribution in [2.45, 2.75) is 19.9 Å². The number of aryl methyl sites for hydroxylation is 1. The van der Waals surface area contributed by atoms with Gasteiger partial charge in [-0.3, -0.25) is 5.10 Å². The Morgan fingerprint density at radius 3 is 2.94 bits per heavy atom. The second kappa shape index (κ2) is 4.34. The SMILES string of the molecule is Cc1cnc(C(C)Nc2ncnc3[nH]ncc23)s1. The molecule has 2 N–H and O–H groups in total. The fourth-order valence-electron chi connectivity index (χ4n) is 1.72. The van der Waals surface area contributed by atoms with Crippen LogP contribution in [0.5, 0.6) is 0 Å². The molecule has 0 saturated carbocycles. The highest BCUT2D eigenvalue weighted by atomic mass is 32.1. The van der Waals surface area contributed by atoms with E-state index < -0.39 is 0 Å². The van der Waals surface area contributed by atoms with E-state index in [1.54, 1.807) is 17.5 Å². The van der Waals surface area contributed by atoms with E-state index in [1.807, 2.05) is 13.1 Å². The maximum Gasteiger partial charge on any atom is 0.160 e. The molecule has 0 bridgehead atoms. The van der Waals surface area contributed by atoms with Gasteiger partial charge in [0.1, 0.15) is 17.2 Å². The van der Waals surface area contributed by atoms with Gasteiger partial charge >= 0.3 is 0 Å². The molecule has 18 heavy (non-hydrogen) atoms. The fraction of sp³-hybridized carbons (Fsp3) is 0.273. The highest BCUT2D eigenvalue weighted by Gasteiger charge is 2.12. The standard InChI is InChI=1S/C11H12N6S/c1-6-3-12-11(18-6)7(2)16-9-8-4-15-17-10(8)14-5-13-9/h3-5,7H,1-2H3,(H2,13,14,15,16,17). The highest BCUT2D eigenvalue weighted by molar-refractivity contribution is 7.11. The minimum absolute atomic E-state index is 0.108. The summed E-state index contributed by atoms with van der Waals surface area (Å²) in [5.41, 5.74) is 0.731. The van der Waals surface area contributed by atoms with E-state index in [2.05, 4.69) is 37.4 Å². The molecule has 7 heteroatoms. The molecular weight excluding hydrogens is 248 g/mol. The van der Waals surface area contributed by atoms with Crippen LogP contribution in [-0.4, -0.2) is 25.1 Å². The zero-order valence-corrected chi connectivity index (χ0v) is 10.8. The third-order valence-corrected chi connectivity index (χ3v) is 3.71. The van der Waals surface area contributed by atoms with Crippen LogP contribution in [0, 0.1) is 6.92 Å². The van der Waals surface area contributed by atoms with E-state index in [0.717, 1.165) is 21.9 Å². The first kappa shape index (κ1) is 11.1. The van der Waals surface area contributed by atoms with E-state index >= 15 is 0 Å². The van der Waals surface area contributed by atoms with Crippen molar-refractivity contribution in [3.63, 3.8) is 0 Å². The van der Waals surface area contributed by atoms with Crippen LogP contribution < -0.4 is 5.32 Å². The molecule has 0 aromatic carbocycles. The number of H-pyrrole nitrogens is 1. The number of anilines is 1. The van der Waals surface area contributed by atoms with Crippen LogP contribution in [0.3, 0.4) is 0 Å². The normalized spacial score (nSPS) is 12.8. The number of nitrogens with one attached hydrogen (secondary N) is 2. The van der Waals surface area contributed by atoms with E-state index in [4.69, 9.17) is 0 Å². The first-order valence-electron chi connectivity index (χ1n) is 5.57. The van der Waals surface area contributed by atoms with Gasteiger partial charge in [-0.15, -0.1) is 11.3 Å². The molecule has 0 aliphatic heterocycles. The van der Waals surface area contributed by atoms with E-state index in [0.29, 0.717) is 0 Å². The van der Waals surface area contributed by atoms with Gasteiger partial charge in [0.15, 0.2) is 5.65 Å². The topological polar surface area (TPSA) is 79.4 Å². The monoisotopic (exact) mass is 260 g/mol. The van der Waals surface area contributed by atoms with Gasteiger partial charge in [0, 0.05) is 11.1 Å². The Kier molecular flexibility index (Phi) is 2.67. The van der Waals surface area contributed by atoms with E-state index in [1.165, 1.54) is 11.2 Å². The van der Waals surface area contributed by atoms with Crippen molar-refractivity contribution in [3.05, 3.63) is 28.6 Å². The predicted molar refractivity (Wildman–Crippen MR) is 70.6 cm³/mol. The van der Waals surface area contributed by atoms with Crippen LogP contribution in [0.25, 0.3) is 11.0 Å². The molecule has 0 aliphatic carbocycles. The lowest BCUT2D eigenvalue weighted by Crippen LogP contribution is -2.07. The summed E-state index contributed by atoms with van der Waals surface area (Å²) < 4.78 is 0. The molecule has 0 spiro atoms. The lowest BCUT2D eigenvalue weighted by molar-refractivity contribution is 0.862. The Labute approximate surface area is 108 Å². The quantitative estimate of drug-likeness (QED) is 0.755. The Hall–Kier alpha value is -2.02. The largest absolute Gasteiger partial charge is 0.360 e. The van der Waals surface area contributed by atoms with Crippen molar-refractivity contribution in [1.82, 2.24) is 25.1 Å². The molecule has 0 fully saturated rings. The lowest BCUT2D eigenvalue weighted by atomic mass is 10.3. The number of aromatic amines is 1. The first-order chi connectivity index (χ1) is 8.74. The molecule has 92 valence electrons. The smallest absolute Gasteiger partial charge is 0.160 e. The summed E-state index contributed by atoms with van der Waals surface area (Å²) in [4.78, 5) is 13.9. The van der Waals surface area contributed by atoms with Crippen molar-refractivity contribution in [2.75, 3.05) is 5.32 Å². The summed E-state index contributed by atoms with van der Waals surface area (Å²) in [6.45, 7) is 4.11. The molecule has 0 radical (unpaired) electrons. The van der Waals surface area contributed by atoms with Crippen LogP contribution in [0.15, 0.2) is 18.7 Å². The van der Waals surface area contributed by atoms with Crippen molar-refractivity contribution < 1.29 is 0 Å². The second-order valence-corrected chi connectivity index (χ2v) is 5.30. The summed E-state index contributed by atoms with van der Waals surface area (Å²) in [6.07, 6.45) is 5.12. The van der Waals surface area contributed by atoms with Crippen molar-refractivity contribution in [2.24, 2.45) is 0 Å². The molecule has 1 atom stereocenters. The summed E-state index contributed by atoms with van der Waals surface area (Å²) in [5.74, 6) is 0.772. The number of rotatable bonds is 3. The molecule has 3 aromatic rings. The van der Waals surface area contributed by atoms with Gasteiger partial charge in [-0.25, -0.2) is 15.0 Å². The highest BCUT2D eigenvalue weighted by Crippen LogP contribution is 2.25. The minimum Gasteiger partial charge on any atom is -0.360 e. The minimum atomic E-state index is 0.108. The molecule has 3 rings (SSSR count). The number of hydrogen-bond donors (Lipinski definition) is 2. The summed E-state index contributed by atoms with van der Waals surface area (Å²) in [6, 6.07) is 0.108. The fourth-order valence-corrected chi connectivity index (χ4v) is 2.50. The summed E-state index contributed by atoms with van der Waals surface area (Å²) in [5, 5.41) is 12.1. The number of aromatic nitrogens is 5. The van der Waals surface area contributed by atoms with Gasteiger partial charge in [-0.05, 0) is 13.8 Å². The molecule has 3 aromatic heterocycles. The van der Waals surface area contributed by atoms with Crippen molar-refractivity contribution in [3.8, 4) is 0 Å². The molecule has 0 amide bonds. The molecule has 3 heterocycles. The van der Waals surface area contributed by atoms with Crippen LogP contribution in [0.2, 0.25) is 0 Å². The van der Waals surface area contributed by atoms with Crippen molar-refractivity contribution in [1.29, 1.82) is 0 Å². The zero-order valence-electron chi connectivity index (χ0n) is 10.0. The Morgan fingerprint density at radius 2 is 2.17 bits per heavy atom. The number of hydrogen-bond acceptors (Lipinski definition) is 6. The van der Waals surface area contributed by atoms with Crippen LogP contribution in [0.1, 0.15) is 22.9 Å². The Morgan fingerprint density at radius 1 is 1.28 bits per heavy atom. The molecule has 0 aliphatic rings. The zero-order chi connectivity index (χ0) is 12.5. The average Bonchev–Trinajstić information content (AvgIpc) is 2.97. The maximum absolute atomic E-state index is 4.37. The molecule has 1 unspecified atom stereocenters. The average molecular weight is 260 g/mol. The van der Waals surface area contributed by atoms with Crippen LogP contribution in [-0.2, 0) is 0 Å². The number of thiazole rings is 1. The summed E-state index contributed by atoms with van der Waals surface area (Å²) >= 11 is 1.68. The summed E-state index contributed by atoms with van der Waals surface area (Å²) in [7, 11) is 0. The van der Waals surface area contributed by atoms with Crippen molar-refractivity contribution >= 4 is 28.2 Å². The van der Waals surface area contributed by atoms with E-state index in [9.17, 15) is 0 Å². The molecule has 0 saturated heterocycles. The van der Waals surface area contributed by atoms with Gasteiger partial charge in [0.05, 0.1) is 17.6 Å². The Balaban J connectivity index is 1.90. The van der Waals surface area contributed by atoms with Gasteiger partial charge < -0.3 is 5.32 Å². The van der Waals surface area contributed by atoms with Crippen LogP contribution >= 0.6 is 11.3 Å². The van der Waals surface area contributed by atoms with E-state index in [-0.39, 0.29) is 6.04 Å². The predicted octanol–water partition coefficient (Wildman–Crippen LogP) is 2.29. The third-order valence-electron chi connectivity index (χ3n) is 2.61. The lowest BCUT2D eigenvalue weighted by Gasteiger charge is -2.11. The van der Waals surface area contributed by atoms with Gasteiger partial charge in [-0.1, -0.05) is 0 Å². The molecular formula is C11H12N6S. The van der Waals surface area contributed by atoms with Gasteiger partial charge in [0.2, 0.25) is 0 Å².